The van der Waals surface area contributed by atoms with Crippen molar-refractivity contribution in [1.82, 2.24) is 4.90 Å². The lowest BCUT2D eigenvalue weighted by Crippen LogP contribution is -2.35. The number of halogens is 2. The zero-order valence-corrected chi connectivity index (χ0v) is 11.5. The van der Waals surface area contributed by atoms with Crippen LogP contribution in [0.5, 0.6) is 0 Å². The van der Waals surface area contributed by atoms with Crippen LogP contribution in [0.15, 0.2) is 18.2 Å². The average Bonchev–Trinajstić information content (AvgIpc) is 2.35. The van der Waals surface area contributed by atoms with Gasteiger partial charge in [-0.1, -0.05) is 25.4 Å². The molecule has 3 nitrogen and oxygen atoms in total. The third-order valence-corrected chi connectivity index (χ3v) is 3.14. The van der Waals surface area contributed by atoms with Gasteiger partial charge < -0.3 is 15.3 Å². The maximum Gasteiger partial charge on any atom is 0.124 e. The van der Waals surface area contributed by atoms with Crippen LogP contribution in [-0.4, -0.2) is 42.3 Å². The molecule has 1 aromatic carbocycles. The van der Waals surface area contributed by atoms with Gasteiger partial charge in [-0.3, -0.25) is 0 Å². The van der Waals surface area contributed by atoms with Crippen LogP contribution in [0.25, 0.3) is 0 Å². The molecule has 0 fully saturated rings. The van der Waals surface area contributed by atoms with Gasteiger partial charge in [-0.15, -0.1) is 0 Å². The fourth-order valence-electron chi connectivity index (χ4n) is 1.71. The van der Waals surface area contributed by atoms with E-state index in [0.717, 1.165) is 13.1 Å². The molecule has 0 aliphatic carbocycles. The molecule has 0 saturated heterocycles. The molecule has 102 valence electrons. The molecule has 0 aliphatic heterocycles. The Hall–Kier alpha value is -0.840. The largest absolute Gasteiger partial charge is 0.390 e. The van der Waals surface area contributed by atoms with Gasteiger partial charge in [0, 0.05) is 13.1 Å². The van der Waals surface area contributed by atoms with Crippen molar-refractivity contribution < 1.29 is 9.50 Å². The summed E-state index contributed by atoms with van der Waals surface area (Å²) in [6, 6.07) is 4.16. The van der Waals surface area contributed by atoms with E-state index < -0.39 is 6.10 Å². The Balaban J connectivity index is 2.44. The Morgan fingerprint density at radius 1 is 1.39 bits per heavy atom. The van der Waals surface area contributed by atoms with Gasteiger partial charge in [-0.05, 0) is 31.3 Å². The van der Waals surface area contributed by atoms with Crippen molar-refractivity contribution in [3.8, 4) is 0 Å². The topological polar surface area (TPSA) is 35.5 Å². The van der Waals surface area contributed by atoms with Gasteiger partial charge in [0.15, 0.2) is 0 Å². The second kappa shape index (κ2) is 7.56. The highest BCUT2D eigenvalue weighted by Gasteiger charge is 2.09. The number of rotatable bonds is 7. The van der Waals surface area contributed by atoms with E-state index in [1.807, 2.05) is 0 Å². The van der Waals surface area contributed by atoms with Gasteiger partial charge in [0.2, 0.25) is 0 Å². The highest BCUT2D eigenvalue weighted by atomic mass is 35.5. The fraction of sp³-hybridized carbons (Fsp3) is 0.538. The van der Waals surface area contributed by atoms with Crippen LogP contribution in [-0.2, 0) is 0 Å². The molecule has 1 rings (SSSR count). The summed E-state index contributed by atoms with van der Waals surface area (Å²) in [5.74, 6) is -0.366. The molecule has 0 saturated carbocycles. The third kappa shape index (κ3) is 4.80. The lowest BCUT2D eigenvalue weighted by Gasteiger charge is -2.22. The molecule has 1 atom stereocenters. The first-order chi connectivity index (χ1) is 8.56. The number of aliphatic hydroxyl groups excluding tert-OH is 1. The maximum atomic E-state index is 12.8. The van der Waals surface area contributed by atoms with E-state index >= 15 is 0 Å². The Kier molecular flexibility index (Phi) is 6.39. The lowest BCUT2D eigenvalue weighted by atomic mass is 10.2. The van der Waals surface area contributed by atoms with Crippen LogP contribution in [0.4, 0.5) is 10.1 Å². The second-order valence-electron chi connectivity index (χ2n) is 4.14. The summed E-state index contributed by atoms with van der Waals surface area (Å²) in [7, 11) is 0. The van der Waals surface area contributed by atoms with Crippen LogP contribution in [0.3, 0.4) is 0 Å². The summed E-state index contributed by atoms with van der Waals surface area (Å²) in [6.45, 7) is 6.93. The predicted molar refractivity (Wildman–Crippen MR) is 73.7 cm³/mol. The molecule has 0 aromatic heterocycles. The monoisotopic (exact) mass is 274 g/mol. The van der Waals surface area contributed by atoms with Crippen molar-refractivity contribution >= 4 is 17.3 Å². The molecule has 0 heterocycles. The van der Waals surface area contributed by atoms with Crippen LogP contribution in [0.1, 0.15) is 13.8 Å². The number of nitrogens with zero attached hydrogens (tertiary/aromatic N) is 1. The molecular weight excluding hydrogens is 255 g/mol. The number of hydrogen-bond acceptors (Lipinski definition) is 3. The van der Waals surface area contributed by atoms with E-state index in [1.165, 1.54) is 12.1 Å². The fourth-order valence-corrected chi connectivity index (χ4v) is 1.94. The number of aliphatic hydroxyl groups is 1. The highest BCUT2D eigenvalue weighted by molar-refractivity contribution is 6.33. The summed E-state index contributed by atoms with van der Waals surface area (Å²) >= 11 is 5.88. The molecule has 0 spiro atoms. The average molecular weight is 275 g/mol. The predicted octanol–water partition coefficient (Wildman–Crippen LogP) is 2.59. The van der Waals surface area contributed by atoms with E-state index in [4.69, 9.17) is 11.6 Å². The Bertz CT molecular complexity index is 372. The van der Waals surface area contributed by atoms with Crippen LogP contribution in [0.2, 0.25) is 5.02 Å². The standard InChI is InChI=1S/C13H20ClFN2O/c1-3-17(4-2)9-11(18)8-16-13-6-5-10(15)7-12(13)14/h5-7,11,16,18H,3-4,8-9H2,1-2H3. The first-order valence-corrected chi connectivity index (χ1v) is 6.54. The van der Waals surface area contributed by atoms with E-state index in [1.54, 1.807) is 6.07 Å². The zero-order chi connectivity index (χ0) is 13.5. The van der Waals surface area contributed by atoms with Crippen molar-refractivity contribution in [2.75, 3.05) is 31.5 Å². The van der Waals surface area contributed by atoms with E-state index in [9.17, 15) is 9.50 Å². The third-order valence-electron chi connectivity index (χ3n) is 2.82. The molecule has 2 N–H and O–H groups in total. The van der Waals surface area contributed by atoms with Gasteiger partial charge in [0.25, 0.3) is 0 Å². The van der Waals surface area contributed by atoms with Crippen molar-refractivity contribution in [2.45, 2.75) is 20.0 Å². The minimum absolute atomic E-state index is 0.324. The van der Waals surface area contributed by atoms with E-state index in [-0.39, 0.29) is 5.82 Å². The van der Waals surface area contributed by atoms with Crippen molar-refractivity contribution in [3.63, 3.8) is 0 Å². The lowest BCUT2D eigenvalue weighted by molar-refractivity contribution is 0.128. The first kappa shape index (κ1) is 15.2. The highest BCUT2D eigenvalue weighted by Crippen LogP contribution is 2.22. The summed E-state index contributed by atoms with van der Waals surface area (Å²) in [4.78, 5) is 2.14. The summed E-state index contributed by atoms with van der Waals surface area (Å²) in [5, 5.41) is 13.2. The second-order valence-corrected chi connectivity index (χ2v) is 4.55. The molecule has 1 unspecified atom stereocenters. The van der Waals surface area contributed by atoms with Gasteiger partial charge in [-0.25, -0.2) is 4.39 Å². The molecule has 0 bridgehead atoms. The normalized spacial score (nSPS) is 12.8. The van der Waals surface area contributed by atoms with Gasteiger partial charge in [0.05, 0.1) is 16.8 Å². The number of benzene rings is 1. The molecule has 5 heteroatoms. The molecular formula is C13H20ClFN2O. The van der Waals surface area contributed by atoms with Crippen LogP contribution in [0, 0.1) is 5.82 Å². The number of nitrogens with one attached hydrogen (secondary N) is 1. The number of hydrogen-bond donors (Lipinski definition) is 2. The Labute approximate surface area is 113 Å². The van der Waals surface area contributed by atoms with Crippen molar-refractivity contribution in [3.05, 3.63) is 29.0 Å². The molecule has 1 aromatic rings. The molecule has 0 radical (unpaired) electrons. The smallest absolute Gasteiger partial charge is 0.124 e. The van der Waals surface area contributed by atoms with Crippen LogP contribution >= 0.6 is 11.6 Å². The van der Waals surface area contributed by atoms with Gasteiger partial charge in [0.1, 0.15) is 5.82 Å². The van der Waals surface area contributed by atoms with E-state index in [0.29, 0.717) is 23.8 Å². The first-order valence-electron chi connectivity index (χ1n) is 6.16. The SMILES string of the molecule is CCN(CC)CC(O)CNc1ccc(F)cc1Cl. The van der Waals surface area contributed by atoms with Gasteiger partial charge >= 0.3 is 0 Å². The quantitative estimate of drug-likeness (QED) is 0.802. The van der Waals surface area contributed by atoms with Crippen LogP contribution < -0.4 is 5.32 Å². The number of likely N-dealkylation sites (N-methyl/N-ethyl adjacent to an activating group) is 1. The minimum Gasteiger partial charge on any atom is -0.390 e. The van der Waals surface area contributed by atoms with E-state index in [2.05, 4.69) is 24.1 Å². The summed E-state index contributed by atoms with van der Waals surface area (Å²) < 4.78 is 12.8. The summed E-state index contributed by atoms with van der Waals surface area (Å²) in [5.41, 5.74) is 0.636. The Morgan fingerprint density at radius 2 is 2.06 bits per heavy atom. The molecule has 0 aliphatic rings. The van der Waals surface area contributed by atoms with Crippen molar-refractivity contribution in [1.29, 1.82) is 0 Å². The number of anilines is 1. The summed E-state index contributed by atoms with van der Waals surface area (Å²) in [6.07, 6.45) is -0.481. The van der Waals surface area contributed by atoms with Crippen molar-refractivity contribution in [2.24, 2.45) is 0 Å². The molecule has 18 heavy (non-hydrogen) atoms. The minimum atomic E-state index is -0.481. The molecule has 0 amide bonds. The maximum absolute atomic E-state index is 12.8. The Morgan fingerprint density at radius 3 is 2.61 bits per heavy atom. The zero-order valence-electron chi connectivity index (χ0n) is 10.8. The van der Waals surface area contributed by atoms with Gasteiger partial charge in [-0.2, -0.15) is 0 Å².